The topological polar surface area (TPSA) is 129 Å². The van der Waals surface area contributed by atoms with E-state index in [2.05, 4.69) is 10.3 Å². The van der Waals surface area contributed by atoms with E-state index in [-0.39, 0.29) is 10.8 Å². The second-order valence-corrected chi connectivity index (χ2v) is 10.2. The van der Waals surface area contributed by atoms with Crippen LogP contribution in [-0.4, -0.2) is 33.7 Å². The van der Waals surface area contributed by atoms with Gasteiger partial charge in [-0.1, -0.05) is 18.2 Å². The molecule has 4 rings (SSSR count). The van der Waals surface area contributed by atoms with E-state index in [1.165, 1.54) is 36.0 Å². The summed E-state index contributed by atoms with van der Waals surface area (Å²) in [4.78, 5) is 17.2. The molecular formula is C25H23N3O6S2. The third-order valence-electron chi connectivity index (χ3n) is 5.09. The van der Waals surface area contributed by atoms with E-state index < -0.39 is 10.0 Å². The summed E-state index contributed by atoms with van der Waals surface area (Å²) in [5.74, 6) is 1.59. The van der Waals surface area contributed by atoms with Crippen LogP contribution in [0.15, 0.2) is 81.5 Å². The number of hydrogen-bond acceptors (Lipinski definition) is 8. The van der Waals surface area contributed by atoms with Crippen molar-refractivity contribution in [3.05, 3.63) is 82.8 Å². The second-order valence-electron chi connectivity index (χ2n) is 7.57. The molecule has 1 heterocycles. The van der Waals surface area contributed by atoms with Crippen LogP contribution in [0, 0.1) is 0 Å². The highest BCUT2D eigenvalue weighted by Gasteiger charge is 2.24. The number of carbonyl (C=O) groups is 1. The molecule has 3 aromatic rings. The summed E-state index contributed by atoms with van der Waals surface area (Å²) in [5, 5.41) is 8.19. The van der Waals surface area contributed by atoms with Crippen LogP contribution in [0.5, 0.6) is 17.2 Å². The minimum absolute atomic E-state index is 0.0134. The highest BCUT2D eigenvalue weighted by atomic mass is 32.2. The lowest BCUT2D eigenvalue weighted by Gasteiger charge is -2.12. The number of benzene rings is 3. The Labute approximate surface area is 213 Å². The fraction of sp³-hybridized carbons (Fsp3) is 0.120. The molecule has 1 fully saturated rings. The summed E-state index contributed by atoms with van der Waals surface area (Å²) in [6.45, 7) is 0.358. The van der Waals surface area contributed by atoms with Crippen molar-refractivity contribution in [2.45, 2.75) is 11.5 Å². The minimum Gasteiger partial charge on any atom is -0.497 e. The first-order chi connectivity index (χ1) is 17.2. The van der Waals surface area contributed by atoms with E-state index in [9.17, 15) is 13.2 Å². The first-order valence-electron chi connectivity index (χ1n) is 10.6. The van der Waals surface area contributed by atoms with Gasteiger partial charge in [-0.15, -0.1) is 0 Å². The fourth-order valence-corrected chi connectivity index (χ4v) is 4.59. The van der Waals surface area contributed by atoms with E-state index in [1.54, 1.807) is 32.4 Å². The molecule has 1 saturated heterocycles. The largest absolute Gasteiger partial charge is 0.497 e. The van der Waals surface area contributed by atoms with Crippen molar-refractivity contribution in [1.82, 2.24) is 5.32 Å². The standard InChI is InChI=1S/C25H23N3O6S2/c1-32-19-8-3-16(4-9-19)15-34-21-12-5-17(13-22(21)33-2)14-23-24(29)28-25(35-23)27-18-6-10-20(11-7-18)36(26,30)31/h3-14H,15H2,1-2H3,(H2,26,30,31)(H,27,28,29)/b23-14-. The minimum atomic E-state index is -3.78. The summed E-state index contributed by atoms with van der Waals surface area (Å²) >= 11 is 1.17. The van der Waals surface area contributed by atoms with Crippen molar-refractivity contribution < 1.29 is 27.4 Å². The highest BCUT2D eigenvalue weighted by Crippen LogP contribution is 2.33. The number of sulfonamides is 1. The number of methoxy groups -OCH3 is 2. The number of rotatable bonds is 8. The van der Waals surface area contributed by atoms with E-state index >= 15 is 0 Å². The van der Waals surface area contributed by atoms with Gasteiger partial charge in [0.1, 0.15) is 12.4 Å². The SMILES string of the molecule is COc1ccc(COc2ccc(/C=C3\SC(=Nc4ccc(S(N)(=O)=O)cc4)NC3=O)cc2OC)cc1. The molecule has 3 aromatic carbocycles. The summed E-state index contributed by atoms with van der Waals surface area (Å²) in [5.41, 5.74) is 2.21. The average Bonchev–Trinajstić information content (AvgIpc) is 3.21. The average molecular weight is 526 g/mol. The van der Waals surface area contributed by atoms with Crippen LogP contribution in [0.2, 0.25) is 0 Å². The summed E-state index contributed by atoms with van der Waals surface area (Å²) in [6, 6.07) is 18.7. The van der Waals surface area contributed by atoms with Crippen LogP contribution in [-0.2, 0) is 21.4 Å². The number of ether oxygens (including phenoxy) is 3. The van der Waals surface area contributed by atoms with Crippen LogP contribution >= 0.6 is 11.8 Å². The zero-order valence-electron chi connectivity index (χ0n) is 19.4. The second kappa shape index (κ2) is 10.9. The van der Waals surface area contributed by atoms with Crippen LogP contribution in [0.3, 0.4) is 0 Å². The number of nitrogens with zero attached hydrogens (tertiary/aromatic N) is 1. The molecule has 3 N–H and O–H groups in total. The molecule has 0 unspecified atom stereocenters. The summed E-state index contributed by atoms with van der Waals surface area (Å²) in [6.07, 6.45) is 1.72. The molecule has 1 aliphatic heterocycles. The van der Waals surface area contributed by atoms with Crippen LogP contribution < -0.4 is 24.7 Å². The molecule has 0 spiro atoms. The van der Waals surface area contributed by atoms with Gasteiger partial charge in [-0.2, -0.15) is 0 Å². The van der Waals surface area contributed by atoms with Crippen LogP contribution in [0.25, 0.3) is 6.08 Å². The third kappa shape index (κ3) is 6.25. The van der Waals surface area contributed by atoms with Crippen molar-refractivity contribution in [3.63, 3.8) is 0 Å². The number of nitrogens with two attached hydrogens (primary N) is 1. The molecule has 0 aromatic heterocycles. The normalized spacial score (nSPS) is 15.7. The van der Waals surface area contributed by atoms with Crippen molar-refractivity contribution in [2.75, 3.05) is 14.2 Å². The predicted octanol–water partition coefficient (Wildman–Crippen LogP) is 3.82. The maximum absolute atomic E-state index is 12.4. The Kier molecular flexibility index (Phi) is 7.63. The van der Waals surface area contributed by atoms with Gasteiger partial charge in [-0.25, -0.2) is 18.5 Å². The molecule has 0 aliphatic carbocycles. The predicted molar refractivity (Wildman–Crippen MR) is 139 cm³/mol. The summed E-state index contributed by atoms with van der Waals surface area (Å²) in [7, 11) is -0.617. The molecule has 0 atom stereocenters. The number of aliphatic imine (C=N–C) groups is 1. The van der Waals surface area contributed by atoms with Crippen molar-refractivity contribution in [2.24, 2.45) is 10.1 Å². The molecule has 36 heavy (non-hydrogen) atoms. The lowest BCUT2D eigenvalue weighted by atomic mass is 10.2. The van der Waals surface area contributed by atoms with E-state index in [0.29, 0.717) is 33.9 Å². The highest BCUT2D eigenvalue weighted by molar-refractivity contribution is 8.18. The molecule has 186 valence electrons. The number of nitrogens with one attached hydrogen (secondary N) is 1. The maximum Gasteiger partial charge on any atom is 0.264 e. The zero-order chi connectivity index (χ0) is 25.7. The van der Waals surface area contributed by atoms with Gasteiger partial charge >= 0.3 is 0 Å². The van der Waals surface area contributed by atoms with Gasteiger partial charge in [0, 0.05) is 0 Å². The van der Waals surface area contributed by atoms with Gasteiger partial charge in [0.05, 0.1) is 29.7 Å². The van der Waals surface area contributed by atoms with Crippen LogP contribution in [0.1, 0.15) is 11.1 Å². The first-order valence-corrected chi connectivity index (χ1v) is 13.0. The van der Waals surface area contributed by atoms with Gasteiger partial charge < -0.3 is 19.5 Å². The van der Waals surface area contributed by atoms with Gasteiger partial charge in [0.25, 0.3) is 5.91 Å². The smallest absolute Gasteiger partial charge is 0.264 e. The van der Waals surface area contributed by atoms with Crippen molar-refractivity contribution in [3.8, 4) is 17.2 Å². The number of primary sulfonamides is 1. The van der Waals surface area contributed by atoms with Crippen molar-refractivity contribution >= 4 is 44.6 Å². The van der Waals surface area contributed by atoms with Gasteiger partial charge in [-0.05, 0) is 77.5 Å². The third-order valence-corrected chi connectivity index (χ3v) is 6.92. The molecule has 0 saturated carbocycles. The van der Waals surface area contributed by atoms with Crippen molar-refractivity contribution in [1.29, 1.82) is 0 Å². The van der Waals surface area contributed by atoms with Gasteiger partial charge in [0.15, 0.2) is 16.7 Å². The Morgan fingerprint density at radius 3 is 2.33 bits per heavy atom. The zero-order valence-corrected chi connectivity index (χ0v) is 21.1. The fourth-order valence-electron chi connectivity index (χ4n) is 3.24. The number of carbonyl (C=O) groups excluding carboxylic acids is 1. The molecule has 9 nitrogen and oxygen atoms in total. The molecule has 1 amide bonds. The van der Waals surface area contributed by atoms with Crippen LogP contribution in [0.4, 0.5) is 5.69 Å². The first kappa shape index (κ1) is 25.3. The number of amidine groups is 1. The Hall–Kier alpha value is -3.80. The number of thioether (sulfide) groups is 1. The Morgan fingerprint density at radius 1 is 0.972 bits per heavy atom. The maximum atomic E-state index is 12.4. The number of hydrogen-bond donors (Lipinski definition) is 2. The Morgan fingerprint density at radius 2 is 1.69 bits per heavy atom. The van der Waals surface area contributed by atoms with E-state index in [0.717, 1.165) is 16.9 Å². The molecule has 0 bridgehead atoms. The Balaban J connectivity index is 1.46. The molecule has 1 aliphatic rings. The van der Waals surface area contributed by atoms with E-state index in [4.69, 9.17) is 19.3 Å². The molecule has 0 radical (unpaired) electrons. The molecule has 11 heteroatoms. The quantitative estimate of drug-likeness (QED) is 0.428. The lowest BCUT2D eigenvalue weighted by molar-refractivity contribution is -0.115. The van der Waals surface area contributed by atoms with Gasteiger partial charge in [-0.3, -0.25) is 4.79 Å². The summed E-state index contributed by atoms with van der Waals surface area (Å²) < 4.78 is 39.3. The Bertz CT molecular complexity index is 1430. The van der Waals surface area contributed by atoms with Gasteiger partial charge in [0.2, 0.25) is 10.0 Å². The van der Waals surface area contributed by atoms with E-state index in [1.807, 2.05) is 30.3 Å². The monoisotopic (exact) mass is 525 g/mol. The lowest BCUT2D eigenvalue weighted by Crippen LogP contribution is -2.19. The molecular weight excluding hydrogens is 502 g/mol. The number of amides is 1.